The number of amides is 1. The van der Waals surface area contributed by atoms with Gasteiger partial charge in [-0.1, -0.05) is 11.6 Å². The molecule has 0 bridgehead atoms. The summed E-state index contributed by atoms with van der Waals surface area (Å²) in [5.41, 5.74) is 1.62. The first-order chi connectivity index (χ1) is 9.88. The van der Waals surface area contributed by atoms with Gasteiger partial charge in [0.25, 0.3) is 5.91 Å². The molecule has 1 amide bonds. The number of halogens is 1. The van der Waals surface area contributed by atoms with Crippen molar-refractivity contribution >= 4 is 23.5 Å². The quantitative estimate of drug-likeness (QED) is 0.670. The van der Waals surface area contributed by atoms with Crippen LogP contribution >= 0.6 is 11.6 Å². The van der Waals surface area contributed by atoms with Crippen LogP contribution in [-0.4, -0.2) is 29.5 Å². The number of aryl methyl sites for hydroxylation is 2. The molecule has 0 aliphatic heterocycles. The second-order valence-electron chi connectivity index (χ2n) is 5.52. The molecule has 1 fully saturated rings. The number of nitrogens with zero attached hydrogens (tertiary/aromatic N) is 1. The van der Waals surface area contributed by atoms with Crippen LogP contribution in [0.5, 0.6) is 0 Å². The molecule has 0 aromatic carbocycles. The Balaban J connectivity index is 1.91. The fraction of sp³-hybridized carbons (Fsp3) is 0.533. The molecule has 0 saturated heterocycles. The molecule has 114 valence electrons. The summed E-state index contributed by atoms with van der Waals surface area (Å²) in [5, 5.41) is 2.92. The molecular formula is C15H19ClN2O3. The summed E-state index contributed by atoms with van der Waals surface area (Å²) in [6.45, 7) is 5.20. The molecule has 0 spiro atoms. The topological polar surface area (TPSA) is 68.3 Å². The van der Waals surface area contributed by atoms with Crippen LogP contribution in [0.4, 0.5) is 0 Å². The highest BCUT2D eigenvalue weighted by atomic mass is 35.5. The van der Waals surface area contributed by atoms with Crippen molar-refractivity contribution < 1.29 is 14.3 Å². The van der Waals surface area contributed by atoms with Crippen LogP contribution in [0.2, 0.25) is 5.15 Å². The van der Waals surface area contributed by atoms with Crippen molar-refractivity contribution in [3.8, 4) is 0 Å². The lowest BCUT2D eigenvalue weighted by atomic mass is 10.1. The van der Waals surface area contributed by atoms with Gasteiger partial charge in [0.1, 0.15) is 5.15 Å². The van der Waals surface area contributed by atoms with E-state index in [-0.39, 0.29) is 29.3 Å². The molecule has 1 aromatic rings. The first kappa shape index (κ1) is 15.8. The van der Waals surface area contributed by atoms with Crippen molar-refractivity contribution in [2.75, 3.05) is 6.61 Å². The van der Waals surface area contributed by atoms with Gasteiger partial charge in [-0.15, -0.1) is 0 Å². The molecule has 1 aliphatic rings. The Bertz CT molecular complexity index is 547. The second kappa shape index (κ2) is 6.43. The van der Waals surface area contributed by atoms with Crippen molar-refractivity contribution in [1.82, 2.24) is 10.3 Å². The van der Waals surface area contributed by atoms with Crippen molar-refractivity contribution in [3.63, 3.8) is 0 Å². The van der Waals surface area contributed by atoms with E-state index < -0.39 is 5.97 Å². The Morgan fingerprint density at radius 1 is 1.48 bits per heavy atom. The van der Waals surface area contributed by atoms with Crippen LogP contribution in [0.25, 0.3) is 0 Å². The number of carbonyl (C=O) groups is 2. The van der Waals surface area contributed by atoms with E-state index >= 15 is 0 Å². The van der Waals surface area contributed by atoms with E-state index in [4.69, 9.17) is 16.3 Å². The molecule has 5 nitrogen and oxygen atoms in total. The van der Waals surface area contributed by atoms with E-state index in [9.17, 15) is 9.59 Å². The monoisotopic (exact) mass is 310 g/mol. The number of esters is 1. The SMILES string of the molecule is Cc1cc(C)c(C(=O)OCC(=O)N[C@@H](C)C2CC2)c(Cl)n1. The van der Waals surface area contributed by atoms with E-state index in [2.05, 4.69) is 10.3 Å². The number of ether oxygens (including phenoxy) is 1. The first-order valence-electron chi connectivity index (χ1n) is 6.98. The second-order valence-corrected chi connectivity index (χ2v) is 5.87. The molecule has 0 radical (unpaired) electrons. The summed E-state index contributed by atoms with van der Waals surface area (Å²) in [5.74, 6) is -0.363. The maximum Gasteiger partial charge on any atom is 0.342 e. The largest absolute Gasteiger partial charge is 0.452 e. The fourth-order valence-electron chi connectivity index (χ4n) is 2.25. The molecule has 1 saturated carbocycles. The predicted molar refractivity (Wildman–Crippen MR) is 79.3 cm³/mol. The van der Waals surface area contributed by atoms with Gasteiger partial charge in [-0.2, -0.15) is 0 Å². The van der Waals surface area contributed by atoms with Crippen LogP contribution in [0, 0.1) is 19.8 Å². The van der Waals surface area contributed by atoms with Gasteiger partial charge in [0.15, 0.2) is 6.61 Å². The van der Waals surface area contributed by atoms with Gasteiger partial charge in [0, 0.05) is 11.7 Å². The third kappa shape index (κ3) is 4.17. The third-order valence-electron chi connectivity index (χ3n) is 3.56. The average molecular weight is 311 g/mol. The summed E-state index contributed by atoms with van der Waals surface area (Å²) >= 11 is 5.97. The minimum Gasteiger partial charge on any atom is -0.452 e. The maximum absolute atomic E-state index is 12.0. The smallest absolute Gasteiger partial charge is 0.342 e. The molecule has 1 aliphatic carbocycles. The Kier molecular flexibility index (Phi) is 4.83. The zero-order chi connectivity index (χ0) is 15.6. The Labute approximate surface area is 129 Å². The molecule has 0 unspecified atom stereocenters. The number of aromatic nitrogens is 1. The van der Waals surface area contributed by atoms with Crippen LogP contribution in [-0.2, 0) is 9.53 Å². The number of hydrogen-bond acceptors (Lipinski definition) is 4. The lowest BCUT2D eigenvalue weighted by Crippen LogP contribution is -2.37. The molecular weight excluding hydrogens is 292 g/mol. The van der Waals surface area contributed by atoms with Gasteiger partial charge in [0.05, 0.1) is 5.56 Å². The maximum atomic E-state index is 12.0. The Hall–Kier alpha value is -1.62. The van der Waals surface area contributed by atoms with Crippen LogP contribution in [0.1, 0.15) is 41.4 Å². The first-order valence-corrected chi connectivity index (χ1v) is 7.36. The van der Waals surface area contributed by atoms with Gasteiger partial charge in [-0.05, 0) is 51.2 Å². The highest BCUT2D eigenvalue weighted by Crippen LogP contribution is 2.32. The van der Waals surface area contributed by atoms with Gasteiger partial charge < -0.3 is 10.1 Å². The molecule has 1 N–H and O–H groups in total. The normalized spacial score (nSPS) is 15.4. The molecule has 1 aromatic heterocycles. The number of hydrogen-bond donors (Lipinski definition) is 1. The van der Waals surface area contributed by atoms with Crippen molar-refractivity contribution in [2.45, 2.75) is 39.7 Å². The molecule has 6 heteroatoms. The Morgan fingerprint density at radius 3 is 2.71 bits per heavy atom. The van der Waals surface area contributed by atoms with Crippen molar-refractivity contribution in [3.05, 3.63) is 28.0 Å². The number of nitrogens with one attached hydrogen (secondary N) is 1. The molecule has 2 rings (SSSR count). The van der Waals surface area contributed by atoms with Crippen LogP contribution in [0.3, 0.4) is 0 Å². The number of pyridine rings is 1. The summed E-state index contributed by atoms with van der Waals surface area (Å²) in [6.07, 6.45) is 2.29. The third-order valence-corrected chi connectivity index (χ3v) is 3.83. The Morgan fingerprint density at radius 2 is 2.14 bits per heavy atom. The summed E-state index contributed by atoms with van der Waals surface area (Å²) in [6, 6.07) is 1.88. The van der Waals surface area contributed by atoms with E-state index in [1.165, 1.54) is 0 Å². The highest BCUT2D eigenvalue weighted by molar-refractivity contribution is 6.32. The average Bonchev–Trinajstić information content (AvgIpc) is 3.19. The number of carbonyl (C=O) groups excluding carboxylic acids is 2. The van der Waals surface area contributed by atoms with Crippen molar-refractivity contribution in [1.29, 1.82) is 0 Å². The van der Waals surface area contributed by atoms with E-state index in [0.29, 0.717) is 11.5 Å². The highest BCUT2D eigenvalue weighted by Gasteiger charge is 2.29. The minimum atomic E-state index is -0.626. The lowest BCUT2D eigenvalue weighted by molar-refractivity contribution is -0.124. The van der Waals surface area contributed by atoms with E-state index in [1.807, 2.05) is 6.92 Å². The van der Waals surface area contributed by atoms with Gasteiger partial charge in [-0.3, -0.25) is 4.79 Å². The van der Waals surface area contributed by atoms with E-state index in [1.54, 1.807) is 19.9 Å². The van der Waals surface area contributed by atoms with E-state index in [0.717, 1.165) is 18.5 Å². The van der Waals surface area contributed by atoms with Crippen molar-refractivity contribution in [2.24, 2.45) is 5.92 Å². The lowest BCUT2D eigenvalue weighted by Gasteiger charge is -2.13. The van der Waals surface area contributed by atoms with Crippen LogP contribution in [0.15, 0.2) is 6.07 Å². The predicted octanol–water partition coefficient (Wildman–Crippen LogP) is 2.42. The number of rotatable bonds is 5. The summed E-state index contributed by atoms with van der Waals surface area (Å²) in [7, 11) is 0. The minimum absolute atomic E-state index is 0.101. The molecule has 1 heterocycles. The van der Waals surface area contributed by atoms with Gasteiger partial charge >= 0.3 is 5.97 Å². The molecule has 21 heavy (non-hydrogen) atoms. The molecule has 1 atom stereocenters. The van der Waals surface area contributed by atoms with Gasteiger partial charge in [0.2, 0.25) is 0 Å². The zero-order valence-electron chi connectivity index (χ0n) is 12.4. The van der Waals surface area contributed by atoms with Crippen LogP contribution < -0.4 is 5.32 Å². The zero-order valence-corrected chi connectivity index (χ0v) is 13.2. The summed E-state index contributed by atoms with van der Waals surface area (Å²) in [4.78, 5) is 27.7. The van der Waals surface area contributed by atoms with Gasteiger partial charge in [-0.25, -0.2) is 9.78 Å². The summed E-state index contributed by atoms with van der Waals surface area (Å²) < 4.78 is 5.02. The fourth-order valence-corrected chi connectivity index (χ4v) is 2.61. The standard InChI is InChI=1S/C15H19ClN2O3/c1-8-6-9(2)17-14(16)13(8)15(20)21-7-12(19)18-10(3)11-4-5-11/h6,10-11H,4-5,7H2,1-3H3,(H,18,19)/t10-/m0/s1.